The first-order chi connectivity index (χ1) is 7.48. The van der Waals surface area contributed by atoms with E-state index in [0.717, 1.165) is 5.69 Å². The Labute approximate surface area is 97.7 Å². The molecule has 2 rings (SSSR count). The van der Waals surface area contributed by atoms with E-state index in [1.54, 1.807) is 0 Å². The SMILES string of the molecule is C/C=C\C1=C(C)C(C)(C)c2cc(N)ccc21. The molecule has 0 atom stereocenters. The molecule has 1 heteroatoms. The van der Waals surface area contributed by atoms with Gasteiger partial charge in [0.25, 0.3) is 0 Å². The second-order valence-corrected chi connectivity index (χ2v) is 4.97. The quantitative estimate of drug-likeness (QED) is 0.703. The molecule has 16 heavy (non-hydrogen) atoms. The van der Waals surface area contributed by atoms with Crippen LogP contribution < -0.4 is 5.73 Å². The van der Waals surface area contributed by atoms with E-state index in [2.05, 4.69) is 52.0 Å². The molecule has 0 radical (unpaired) electrons. The molecule has 0 unspecified atom stereocenters. The molecule has 1 aliphatic rings. The van der Waals surface area contributed by atoms with Gasteiger partial charge in [0.05, 0.1) is 0 Å². The number of allylic oxidation sites excluding steroid dienone is 4. The lowest BCUT2D eigenvalue weighted by atomic mass is 9.82. The summed E-state index contributed by atoms with van der Waals surface area (Å²) in [6, 6.07) is 6.23. The van der Waals surface area contributed by atoms with Crippen molar-refractivity contribution < 1.29 is 0 Å². The van der Waals surface area contributed by atoms with Crippen molar-refractivity contribution in [1.82, 2.24) is 0 Å². The van der Waals surface area contributed by atoms with Gasteiger partial charge in [-0.1, -0.05) is 37.6 Å². The first-order valence-electron chi connectivity index (χ1n) is 5.73. The molecule has 1 aliphatic carbocycles. The van der Waals surface area contributed by atoms with Crippen molar-refractivity contribution >= 4 is 11.3 Å². The fourth-order valence-corrected chi connectivity index (χ4v) is 2.44. The number of nitrogens with two attached hydrogens (primary N) is 1. The number of hydrogen-bond acceptors (Lipinski definition) is 1. The van der Waals surface area contributed by atoms with Crippen LogP contribution in [0.4, 0.5) is 5.69 Å². The molecule has 0 saturated carbocycles. The van der Waals surface area contributed by atoms with Gasteiger partial charge in [0, 0.05) is 11.1 Å². The van der Waals surface area contributed by atoms with Crippen LogP contribution in [0.3, 0.4) is 0 Å². The first kappa shape index (κ1) is 11.0. The Morgan fingerprint density at radius 3 is 2.56 bits per heavy atom. The summed E-state index contributed by atoms with van der Waals surface area (Å²) in [5, 5.41) is 0. The van der Waals surface area contributed by atoms with Crippen LogP contribution in [0.1, 0.15) is 38.8 Å². The maximum Gasteiger partial charge on any atom is 0.0317 e. The number of anilines is 1. The Bertz CT molecular complexity index is 490. The minimum absolute atomic E-state index is 0.0968. The standard InChI is InChI=1S/C15H19N/c1-5-6-12-10(2)15(3,4)14-9-11(16)7-8-13(12)14/h5-9H,16H2,1-4H3/b6-5-. The molecule has 0 bridgehead atoms. The van der Waals surface area contributed by atoms with Gasteiger partial charge >= 0.3 is 0 Å². The highest BCUT2D eigenvalue weighted by Gasteiger charge is 2.34. The summed E-state index contributed by atoms with van der Waals surface area (Å²) in [5.41, 5.74) is 12.3. The predicted molar refractivity (Wildman–Crippen MR) is 71.3 cm³/mol. The summed E-state index contributed by atoms with van der Waals surface area (Å²) in [7, 11) is 0. The van der Waals surface area contributed by atoms with E-state index in [1.807, 2.05) is 6.07 Å². The Balaban J connectivity index is 2.71. The van der Waals surface area contributed by atoms with Crippen molar-refractivity contribution in [2.45, 2.75) is 33.1 Å². The molecule has 84 valence electrons. The lowest BCUT2D eigenvalue weighted by Gasteiger charge is -2.22. The number of fused-ring (bicyclic) bond motifs is 1. The van der Waals surface area contributed by atoms with Crippen LogP contribution in [0.2, 0.25) is 0 Å². The second-order valence-electron chi connectivity index (χ2n) is 4.97. The Morgan fingerprint density at radius 1 is 1.25 bits per heavy atom. The predicted octanol–water partition coefficient (Wildman–Crippen LogP) is 3.91. The third-order valence-electron chi connectivity index (χ3n) is 3.68. The van der Waals surface area contributed by atoms with Gasteiger partial charge in [-0.05, 0) is 42.7 Å². The minimum atomic E-state index is 0.0968. The van der Waals surface area contributed by atoms with Crippen molar-refractivity contribution in [2.75, 3.05) is 5.73 Å². The average molecular weight is 213 g/mol. The van der Waals surface area contributed by atoms with Gasteiger partial charge in [0.1, 0.15) is 0 Å². The maximum atomic E-state index is 5.88. The Morgan fingerprint density at radius 2 is 1.94 bits per heavy atom. The van der Waals surface area contributed by atoms with Crippen molar-refractivity contribution in [3.8, 4) is 0 Å². The van der Waals surface area contributed by atoms with Crippen LogP contribution in [0.5, 0.6) is 0 Å². The highest BCUT2D eigenvalue weighted by Crippen LogP contribution is 2.46. The van der Waals surface area contributed by atoms with Gasteiger partial charge in [-0.3, -0.25) is 0 Å². The molecular weight excluding hydrogens is 194 g/mol. The molecule has 2 N–H and O–H groups in total. The van der Waals surface area contributed by atoms with Crippen LogP contribution in [-0.4, -0.2) is 0 Å². The molecule has 1 aromatic rings. The van der Waals surface area contributed by atoms with Crippen molar-refractivity contribution in [1.29, 1.82) is 0 Å². The number of benzene rings is 1. The molecule has 0 amide bonds. The van der Waals surface area contributed by atoms with Crippen LogP contribution in [0.25, 0.3) is 5.57 Å². The summed E-state index contributed by atoms with van der Waals surface area (Å²) in [4.78, 5) is 0. The third-order valence-corrected chi connectivity index (χ3v) is 3.68. The van der Waals surface area contributed by atoms with Gasteiger partial charge in [-0.15, -0.1) is 0 Å². The fourth-order valence-electron chi connectivity index (χ4n) is 2.44. The van der Waals surface area contributed by atoms with Gasteiger partial charge in [0.15, 0.2) is 0 Å². The molecular formula is C15H19N. The zero-order chi connectivity index (χ0) is 11.9. The minimum Gasteiger partial charge on any atom is -0.399 e. The Hall–Kier alpha value is -1.50. The van der Waals surface area contributed by atoms with E-state index >= 15 is 0 Å². The van der Waals surface area contributed by atoms with Gasteiger partial charge in [0.2, 0.25) is 0 Å². The zero-order valence-corrected chi connectivity index (χ0v) is 10.5. The zero-order valence-electron chi connectivity index (χ0n) is 10.5. The summed E-state index contributed by atoms with van der Waals surface area (Å²) >= 11 is 0. The van der Waals surface area contributed by atoms with Crippen LogP contribution in [0, 0.1) is 0 Å². The van der Waals surface area contributed by atoms with Crippen LogP contribution in [-0.2, 0) is 5.41 Å². The van der Waals surface area contributed by atoms with E-state index in [9.17, 15) is 0 Å². The summed E-state index contributed by atoms with van der Waals surface area (Å²) < 4.78 is 0. The largest absolute Gasteiger partial charge is 0.399 e. The van der Waals surface area contributed by atoms with E-state index < -0.39 is 0 Å². The normalized spacial score (nSPS) is 18.2. The van der Waals surface area contributed by atoms with Crippen molar-refractivity contribution in [2.24, 2.45) is 0 Å². The molecule has 0 aromatic heterocycles. The molecule has 1 nitrogen and oxygen atoms in total. The molecule has 0 spiro atoms. The highest BCUT2D eigenvalue weighted by molar-refractivity contribution is 5.86. The lowest BCUT2D eigenvalue weighted by Crippen LogP contribution is -2.15. The topological polar surface area (TPSA) is 26.0 Å². The van der Waals surface area contributed by atoms with Crippen LogP contribution in [0.15, 0.2) is 35.9 Å². The first-order valence-corrected chi connectivity index (χ1v) is 5.73. The van der Waals surface area contributed by atoms with E-state index in [1.165, 1.54) is 22.3 Å². The van der Waals surface area contributed by atoms with Gasteiger partial charge in [-0.25, -0.2) is 0 Å². The lowest BCUT2D eigenvalue weighted by molar-refractivity contribution is 0.639. The fraction of sp³-hybridized carbons (Fsp3) is 0.333. The van der Waals surface area contributed by atoms with Gasteiger partial charge in [-0.2, -0.15) is 0 Å². The Kier molecular flexibility index (Phi) is 2.42. The number of rotatable bonds is 1. The van der Waals surface area contributed by atoms with Crippen LogP contribution >= 0.6 is 0 Å². The van der Waals surface area contributed by atoms with E-state index in [0.29, 0.717) is 0 Å². The third kappa shape index (κ3) is 1.39. The summed E-state index contributed by atoms with van der Waals surface area (Å²) in [6.45, 7) is 8.79. The van der Waals surface area contributed by atoms with Crippen molar-refractivity contribution in [3.63, 3.8) is 0 Å². The molecule has 0 fully saturated rings. The molecule has 1 aromatic carbocycles. The van der Waals surface area contributed by atoms with E-state index in [-0.39, 0.29) is 5.41 Å². The number of hydrogen-bond donors (Lipinski definition) is 1. The van der Waals surface area contributed by atoms with E-state index in [4.69, 9.17) is 5.73 Å². The summed E-state index contributed by atoms with van der Waals surface area (Å²) in [6.07, 6.45) is 4.29. The van der Waals surface area contributed by atoms with Crippen molar-refractivity contribution in [3.05, 3.63) is 47.1 Å². The maximum absolute atomic E-state index is 5.88. The average Bonchev–Trinajstić information content (AvgIpc) is 2.41. The second kappa shape index (κ2) is 3.51. The summed E-state index contributed by atoms with van der Waals surface area (Å²) in [5.74, 6) is 0. The molecule has 0 aliphatic heterocycles. The monoisotopic (exact) mass is 213 g/mol. The number of nitrogen functional groups attached to an aromatic ring is 1. The smallest absolute Gasteiger partial charge is 0.0317 e. The van der Waals surface area contributed by atoms with Gasteiger partial charge < -0.3 is 5.73 Å². The molecule has 0 heterocycles. The highest BCUT2D eigenvalue weighted by atomic mass is 14.5. The molecule has 0 saturated heterocycles.